The number of nitrogens with zero attached hydrogens (tertiary/aromatic N) is 3. The summed E-state index contributed by atoms with van der Waals surface area (Å²) in [5.41, 5.74) is 1.57. The minimum atomic E-state index is -0.798. The number of carbonyl (C=O) groups excluding carboxylic acids is 2. The lowest BCUT2D eigenvalue weighted by Crippen LogP contribution is -2.21. The third-order valence-corrected chi connectivity index (χ3v) is 3.35. The fourth-order valence-corrected chi connectivity index (χ4v) is 2.09. The second-order valence-electron chi connectivity index (χ2n) is 5.13. The largest absolute Gasteiger partial charge is 0.456 e. The molecule has 0 N–H and O–H groups in total. The van der Waals surface area contributed by atoms with E-state index < -0.39 is 12.1 Å². The van der Waals surface area contributed by atoms with Crippen molar-refractivity contribution in [1.29, 1.82) is 0 Å². The Balaban J connectivity index is 1.61. The average Bonchev–Trinajstić information content (AvgIpc) is 3.16. The van der Waals surface area contributed by atoms with Gasteiger partial charge in [-0.15, -0.1) is 9.78 Å². The van der Waals surface area contributed by atoms with Crippen LogP contribution in [0.5, 0.6) is 0 Å². The Morgan fingerprint density at radius 2 is 1.40 bits per heavy atom. The van der Waals surface area contributed by atoms with Crippen LogP contribution in [0.1, 0.15) is 21.6 Å². The molecule has 0 unspecified atom stereocenters. The zero-order valence-electron chi connectivity index (χ0n) is 13.2. The highest BCUT2D eigenvalue weighted by Crippen LogP contribution is 2.07. The average molecular weight is 337 g/mol. The van der Waals surface area contributed by atoms with Crippen LogP contribution in [-0.2, 0) is 22.7 Å². The topological polar surface area (TPSA) is 83.3 Å². The maximum Gasteiger partial charge on any atom is 0.437 e. The molecule has 0 saturated heterocycles. The predicted molar refractivity (Wildman–Crippen MR) is 87.6 cm³/mol. The molecule has 126 valence electrons. The van der Waals surface area contributed by atoms with Gasteiger partial charge >= 0.3 is 12.1 Å². The summed E-state index contributed by atoms with van der Waals surface area (Å²) in [5.74, 6) is -0.703. The predicted octanol–water partition coefficient (Wildman–Crippen LogP) is 2.82. The van der Waals surface area contributed by atoms with Crippen LogP contribution in [0.25, 0.3) is 0 Å². The highest BCUT2D eigenvalue weighted by atomic mass is 16.6. The fraction of sp³-hybridized carbons (Fsp3) is 0.111. The number of hydrogen-bond acceptors (Lipinski definition) is 6. The fourth-order valence-electron chi connectivity index (χ4n) is 2.09. The van der Waals surface area contributed by atoms with E-state index in [9.17, 15) is 9.59 Å². The van der Waals surface area contributed by atoms with E-state index in [2.05, 4.69) is 10.3 Å². The van der Waals surface area contributed by atoms with Crippen molar-refractivity contribution in [2.24, 2.45) is 0 Å². The highest BCUT2D eigenvalue weighted by Gasteiger charge is 2.21. The van der Waals surface area contributed by atoms with E-state index in [4.69, 9.17) is 9.47 Å². The number of benzene rings is 2. The summed E-state index contributed by atoms with van der Waals surface area (Å²) in [6.07, 6.45) is 0.366. The van der Waals surface area contributed by atoms with E-state index in [-0.39, 0.29) is 18.9 Å². The van der Waals surface area contributed by atoms with E-state index in [0.717, 1.165) is 22.0 Å². The van der Waals surface area contributed by atoms with E-state index in [1.807, 2.05) is 60.7 Å². The summed E-state index contributed by atoms with van der Waals surface area (Å²) >= 11 is 0. The van der Waals surface area contributed by atoms with Gasteiger partial charge in [-0.05, 0) is 11.1 Å². The molecule has 2 aromatic carbocycles. The molecule has 1 aromatic heterocycles. The van der Waals surface area contributed by atoms with Crippen molar-refractivity contribution in [1.82, 2.24) is 15.0 Å². The minimum Gasteiger partial charge on any atom is -0.456 e. The van der Waals surface area contributed by atoms with Crippen molar-refractivity contribution in [2.45, 2.75) is 13.2 Å². The lowest BCUT2D eigenvalue weighted by molar-refractivity contribution is 0.0455. The van der Waals surface area contributed by atoms with Gasteiger partial charge in [0.05, 0.1) is 6.20 Å². The van der Waals surface area contributed by atoms with Gasteiger partial charge in [0.1, 0.15) is 13.2 Å². The summed E-state index contributed by atoms with van der Waals surface area (Å²) < 4.78 is 11.1. The molecular formula is C18H15N3O4. The molecule has 0 aliphatic heterocycles. The number of hydrogen-bond donors (Lipinski definition) is 0. The van der Waals surface area contributed by atoms with Gasteiger partial charge in [0.25, 0.3) is 0 Å². The Bertz CT molecular complexity index is 777. The van der Waals surface area contributed by atoms with Crippen LogP contribution in [-0.4, -0.2) is 27.1 Å². The Morgan fingerprint density at radius 1 is 0.840 bits per heavy atom. The van der Waals surface area contributed by atoms with Crippen molar-refractivity contribution in [2.75, 3.05) is 0 Å². The molecule has 0 fully saturated rings. The molecule has 0 radical (unpaired) electrons. The van der Waals surface area contributed by atoms with E-state index >= 15 is 0 Å². The third-order valence-electron chi connectivity index (χ3n) is 3.35. The Kier molecular flexibility index (Phi) is 5.16. The van der Waals surface area contributed by atoms with Gasteiger partial charge in [-0.1, -0.05) is 65.9 Å². The van der Waals surface area contributed by atoms with Crippen LogP contribution in [0.2, 0.25) is 0 Å². The Hall–Kier alpha value is -3.48. The molecule has 0 atom stereocenters. The smallest absolute Gasteiger partial charge is 0.437 e. The van der Waals surface area contributed by atoms with Gasteiger partial charge < -0.3 is 9.47 Å². The van der Waals surface area contributed by atoms with Crippen molar-refractivity contribution >= 4 is 12.1 Å². The van der Waals surface area contributed by atoms with Gasteiger partial charge in [-0.3, -0.25) is 0 Å². The quantitative estimate of drug-likeness (QED) is 0.666. The molecule has 0 aliphatic carbocycles. The maximum atomic E-state index is 12.1. The van der Waals surface area contributed by atoms with Crippen molar-refractivity contribution in [3.8, 4) is 0 Å². The van der Waals surface area contributed by atoms with Gasteiger partial charge in [-0.25, -0.2) is 9.59 Å². The summed E-state index contributed by atoms with van der Waals surface area (Å²) in [6.45, 7) is 0.155. The Morgan fingerprint density at radius 3 is 2.00 bits per heavy atom. The minimum absolute atomic E-state index is 0.0675. The molecule has 7 heteroatoms. The van der Waals surface area contributed by atoms with Crippen LogP contribution >= 0.6 is 0 Å². The lowest BCUT2D eigenvalue weighted by atomic mass is 10.2. The van der Waals surface area contributed by atoms with Crippen LogP contribution in [0, 0.1) is 0 Å². The molecular weight excluding hydrogens is 322 g/mol. The normalized spacial score (nSPS) is 10.2. The van der Waals surface area contributed by atoms with Gasteiger partial charge in [0.2, 0.25) is 0 Å². The standard InChI is InChI=1S/C18H15N3O4/c22-17(24-12-14-7-3-1-4-8-14)16-11-19-20-21(16)18(23)25-13-15-9-5-2-6-10-15/h1-11H,12-13H2. The van der Waals surface area contributed by atoms with Crippen LogP contribution in [0.15, 0.2) is 66.9 Å². The number of ether oxygens (including phenoxy) is 2. The summed E-state index contributed by atoms with van der Waals surface area (Å²) in [6, 6.07) is 18.4. The molecule has 7 nitrogen and oxygen atoms in total. The first-order chi connectivity index (χ1) is 12.2. The summed E-state index contributed by atoms with van der Waals surface area (Å²) in [4.78, 5) is 24.3. The third kappa shape index (κ3) is 4.29. The molecule has 3 rings (SSSR count). The van der Waals surface area contributed by atoms with Crippen LogP contribution in [0.4, 0.5) is 4.79 Å². The second-order valence-corrected chi connectivity index (χ2v) is 5.13. The van der Waals surface area contributed by atoms with Crippen LogP contribution < -0.4 is 0 Å². The number of carbonyl (C=O) groups is 2. The second kappa shape index (κ2) is 7.87. The Labute approximate surface area is 143 Å². The number of rotatable bonds is 5. The first kappa shape index (κ1) is 16.4. The van der Waals surface area contributed by atoms with Crippen molar-refractivity contribution in [3.05, 3.63) is 83.7 Å². The first-order valence-electron chi connectivity index (χ1n) is 7.57. The zero-order valence-corrected chi connectivity index (χ0v) is 13.2. The number of aromatic nitrogens is 3. The first-order valence-corrected chi connectivity index (χ1v) is 7.57. The van der Waals surface area contributed by atoms with E-state index in [1.165, 1.54) is 0 Å². The van der Waals surface area contributed by atoms with Gasteiger partial charge in [-0.2, -0.15) is 0 Å². The monoisotopic (exact) mass is 337 g/mol. The van der Waals surface area contributed by atoms with Crippen LogP contribution in [0.3, 0.4) is 0 Å². The van der Waals surface area contributed by atoms with Crippen molar-refractivity contribution < 1.29 is 19.1 Å². The SMILES string of the molecule is O=C(OCc1ccccc1)c1cnnn1C(=O)OCc1ccccc1. The molecule has 0 aliphatic rings. The van der Waals surface area contributed by atoms with E-state index in [0.29, 0.717) is 0 Å². The van der Waals surface area contributed by atoms with Gasteiger partial charge in [0.15, 0.2) is 5.69 Å². The van der Waals surface area contributed by atoms with Gasteiger partial charge in [0, 0.05) is 0 Å². The molecule has 0 saturated carbocycles. The molecule has 0 bridgehead atoms. The molecule has 0 amide bonds. The lowest BCUT2D eigenvalue weighted by Gasteiger charge is -2.07. The van der Waals surface area contributed by atoms with Crippen molar-refractivity contribution in [3.63, 3.8) is 0 Å². The summed E-state index contributed by atoms with van der Waals surface area (Å²) in [7, 11) is 0. The van der Waals surface area contributed by atoms with E-state index in [1.54, 1.807) is 0 Å². The number of esters is 1. The zero-order chi connectivity index (χ0) is 17.5. The molecule has 0 spiro atoms. The highest BCUT2D eigenvalue weighted by molar-refractivity contribution is 5.90. The molecule has 1 heterocycles. The molecule has 25 heavy (non-hydrogen) atoms. The summed E-state index contributed by atoms with van der Waals surface area (Å²) in [5, 5.41) is 7.18. The maximum absolute atomic E-state index is 12.1. The molecule has 3 aromatic rings.